The second kappa shape index (κ2) is 5.60. The Morgan fingerprint density at radius 1 is 1.53 bits per heavy atom. The highest BCUT2D eigenvalue weighted by atomic mass is 32.2. The molecule has 1 heterocycles. The van der Waals surface area contributed by atoms with E-state index in [-0.39, 0.29) is 11.1 Å². The van der Waals surface area contributed by atoms with Crippen LogP contribution in [-0.4, -0.2) is 30.6 Å². The molecule has 1 aromatic heterocycles. The summed E-state index contributed by atoms with van der Waals surface area (Å²) in [5, 5.41) is 0.0904. The fourth-order valence-electron chi connectivity index (χ4n) is 2.48. The van der Waals surface area contributed by atoms with E-state index in [2.05, 4.69) is 9.71 Å². The van der Waals surface area contributed by atoms with E-state index < -0.39 is 10.0 Å². The first-order valence-corrected chi connectivity index (χ1v) is 8.12. The second-order valence-electron chi connectivity index (χ2n) is 5.38. The summed E-state index contributed by atoms with van der Waals surface area (Å²) in [6.07, 6.45) is 5.59. The lowest BCUT2D eigenvalue weighted by molar-refractivity contribution is 0.322. The van der Waals surface area contributed by atoms with Crippen LogP contribution in [0.15, 0.2) is 11.2 Å². The van der Waals surface area contributed by atoms with E-state index in [4.69, 9.17) is 5.73 Å². The average Bonchev–Trinajstić information content (AvgIpc) is 2.68. The summed E-state index contributed by atoms with van der Waals surface area (Å²) in [5.41, 5.74) is 5.91. The molecule has 0 saturated heterocycles. The van der Waals surface area contributed by atoms with Gasteiger partial charge in [0, 0.05) is 25.8 Å². The maximum absolute atomic E-state index is 12.1. The van der Waals surface area contributed by atoms with Crippen LogP contribution in [0.4, 0.5) is 0 Å². The van der Waals surface area contributed by atoms with Crippen LogP contribution in [0, 0.1) is 12.8 Å². The Bertz CT molecular complexity index is 518. The number of hydrogen-bond donors (Lipinski definition) is 2. The molecule has 0 bridgehead atoms. The lowest BCUT2D eigenvalue weighted by Gasteiger charge is -2.26. The first kappa shape index (κ1) is 14.5. The summed E-state index contributed by atoms with van der Waals surface area (Å²) in [5.74, 6) is 1.02. The first-order chi connectivity index (χ1) is 8.88. The van der Waals surface area contributed by atoms with Gasteiger partial charge in [0.2, 0.25) is 0 Å². The van der Waals surface area contributed by atoms with E-state index in [1.807, 2.05) is 0 Å². The molecular formula is C12H22N4O2S. The van der Waals surface area contributed by atoms with E-state index >= 15 is 0 Å². The predicted molar refractivity (Wildman–Crippen MR) is 73.1 cm³/mol. The van der Waals surface area contributed by atoms with Gasteiger partial charge in [0.05, 0.1) is 0 Å². The largest absolute Gasteiger partial charge is 0.337 e. The molecule has 2 unspecified atom stereocenters. The number of aromatic nitrogens is 2. The molecule has 0 radical (unpaired) electrons. The van der Waals surface area contributed by atoms with E-state index in [1.165, 1.54) is 6.20 Å². The van der Waals surface area contributed by atoms with Gasteiger partial charge in [-0.3, -0.25) is 0 Å². The first-order valence-electron chi connectivity index (χ1n) is 6.63. The van der Waals surface area contributed by atoms with E-state index in [0.717, 1.165) is 25.7 Å². The van der Waals surface area contributed by atoms with Gasteiger partial charge in [-0.15, -0.1) is 0 Å². The SMILES string of the molecule is Cc1nc(S(=O)(=O)NCC2CCCC(N)C2)cn1C. The van der Waals surface area contributed by atoms with Crippen molar-refractivity contribution < 1.29 is 8.42 Å². The number of nitrogens with two attached hydrogens (primary N) is 1. The van der Waals surface area contributed by atoms with Crippen molar-refractivity contribution in [3.8, 4) is 0 Å². The van der Waals surface area contributed by atoms with Crippen molar-refractivity contribution in [1.29, 1.82) is 0 Å². The summed E-state index contributed by atoms with van der Waals surface area (Å²) >= 11 is 0. The Hall–Kier alpha value is -0.920. The van der Waals surface area contributed by atoms with Crippen molar-refractivity contribution in [2.75, 3.05) is 6.54 Å². The van der Waals surface area contributed by atoms with Crippen LogP contribution >= 0.6 is 0 Å². The molecule has 1 aromatic rings. The third-order valence-corrected chi connectivity index (χ3v) is 5.04. The van der Waals surface area contributed by atoms with Crippen molar-refractivity contribution in [2.45, 2.75) is 43.7 Å². The van der Waals surface area contributed by atoms with Crippen LogP contribution in [0.3, 0.4) is 0 Å². The summed E-state index contributed by atoms with van der Waals surface area (Å²) in [4.78, 5) is 4.05. The number of imidazole rings is 1. The monoisotopic (exact) mass is 286 g/mol. The van der Waals surface area contributed by atoms with Gasteiger partial charge in [-0.25, -0.2) is 18.1 Å². The van der Waals surface area contributed by atoms with Crippen molar-refractivity contribution in [3.63, 3.8) is 0 Å². The van der Waals surface area contributed by atoms with Gasteiger partial charge < -0.3 is 10.3 Å². The zero-order valence-electron chi connectivity index (χ0n) is 11.5. The molecule has 6 nitrogen and oxygen atoms in total. The highest BCUT2D eigenvalue weighted by molar-refractivity contribution is 7.89. The Kier molecular flexibility index (Phi) is 4.27. The molecule has 1 aliphatic rings. The van der Waals surface area contributed by atoms with E-state index in [0.29, 0.717) is 18.3 Å². The average molecular weight is 286 g/mol. The summed E-state index contributed by atoms with van der Waals surface area (Å²) < 4.78 is 28.6. The van der Waals surface area contributed by atoms with Gasteiger partial charge in [0.25, 0.3) is 10.0 Å². The fourth-order valence-corrected chi connectivity index (χ4v) is 3.63. The summed E-state index contributed by atoms with van der Waals surface area (Å²) in [6.45, 7) is 2.23. The molecule has 2 atom stereocenters. The van der Waals surface area contributed by atoms with Gasteiger partial charge >= 0.3 is 0 Å². The Balaban J connectivity index is 1.98. The molecule has 1 aliphatic carbocycles. The number of rotatable bonds is 4. The fraction of sp³-hybridized carbons (Fsp3) is 0.750. The molecule has 0 aromatic carbocycles. The third kappa shape index (κ3) is 3.55. The number of nitrogens with one attached hydrogen (secondary N) is 1. The number of nitrogens with zero attached hydrogens (tertiary/aromatic N) is 2. The van der Waals surface area contributed by atoms with Crippen LogP contribution in [0.2, 0.25) is 0 Å². The highest BCUT2D eigenvalue weighted by Gasteiger charge is 2.23. The van der Waals surface area contributed by atoms with Crippen LogP contribution in [0.1, 0.15) is 31.5 Å². The standard InChI is InChI=1S/C12H22N4O2S/c1-9-15-12(8-16(9)2)19(17,18)14-7-10-4-3-5-11(13)6-10/h8,10-11,14H,3-7,13H2,1-2H3. The van der Waals surface area contributed by atoms with Crippen LogP contribution in [0.5, 0.6) is 0 Å². The Labute approximate surface area is 114 Å². The molecule has 108 valence electrons. The lowest BCUT2D eigenvalue weighted by Crippen LogP contribution is -2.35. The minimum atomic E-state index is -3.50. The quantitative estimate of drug-likeness (QED) is 0.844. The van der Waals surface area contributed by atoms with Gasteiger partial charge in [-0.1, -0.05) is 6.42 Å². The molecule has 19 heavy (non-hydrogen) atoms. The molecule has 3 N–H and O–H groups in total. The minimum absolute atomic E-state index is 0.0904. The Morgan fingerprint density at radius 2 is 2.26 bits per heavy atom. The molecule has 1 fully saturated rings. The molecule has 0 amide bonds. The predicted octanol–water partition coefficient (Wildman–Crippen LogP) is 0.524. The topological polar surface area (TPSA) is 90.0 Å². The second-order valence-corrected chi connectivity index (χ2v) is 7.10. The van der Waals surface area contributed by atoms with Crippen LogP contribution in [-0.2, 0) is 17.1 Å². The third-order valence-electron chi connectivity index (χ3n) is 3.75. The smallest absolute Gasteiger partial charge is 0.259 e. The van der Waals surface area contributed by atoms with Crippen LogP contribution in [0.25, 0.3) is 0 Å². The molecule has 1 saturated carbocycles. The molecule has 2 rings (SSSR count). The van der Waals surface area contributed by atoms with Crippen molar-refractivity contribution >= 4 is 10.0 Å². The maximum atomic E-state index is 12.1. The number of hydrogen-bond acceptors (Lipinski definition) is 4. The Morgan fingerprint density at radius 3 is 2.84 bits per heavy atom. The zero-order valence-corrected chi connectivity index (χ0v) is 12.3. The van der Waals surface area contributed by atoms with Gasteiger partial charge in [-0.05, 0) is 32.1 Å². The van der Waals surface area contributed by atoms with Crippen molar-refractivity contribution in [3.05, 3.63) is 12.0 Å². The minimum Gasteiger partial charge on any atom is -0.337 e. The summed E-state index contributed by atoms with van der Waals surface area (Å²) in [7, 11) is -1.72. The van der Waals surface area contributed by atoms with E-state index in [9.17, 15) is 8.42 Å². The molecule has 0 aliphatic heterocycles. The van der Waals surface area contributed by atoms with Gasteiger partial charge in [0.15, 0.2) is 5.03 Å². The number of sulfonamides is 1. The van der Waals surface area contributed by atoms with Gasteiger partial charge in [0.1, 0.15) is 5.82 Å². The van der Waals surface area contributed by atoms with Crippen molar-refractivity contribution in [1.82, 2.24) is 14.3 Å². The maximum Gasteiger partial charge on any atom is 0.259 e. The van der Waals surface area contributed by atoms with Crippen molar-refractivity contribution in [2.24, 2.45) is 18.7 Å². The highest BCUT2D eigenvalue weighted by Crippen LogP contribution is 2.22. The zero-order chi connectivity index (χ0) is 14.0. The molecule has 7 heteroatoms. The lowest BCUT2D eigenvalue weighted by atomic mass is 9.86. The summed E-state index contributed by atoms with van der Waals surface area (Å²) in [6, 6.07) is 0.209. The van der Waals surface area contributed by atoms with Crippen LogP contribution < -0.4 is 10.5 Å². The molecule has 0 spiro atoms. The van der Waals surface area contributed by atoms with Gasteiger partial charge in [-0.2, -0.15) is 0 Å². The number of aryl methyl sites for hydroxylation is 2. The molecular weight excluding hydrogens is 264 g/mol. The normalized spacial score (nSPS) is 24.6. The van der Waals surface area contributed by atoms with E-state index in [1.54, 1.807) is 18.5 Å².